The first-order chi connectivity index (χ1) is 9.90. The Morgan fingerprint density at radius 3 is 2.57 bits per heavy atom. The van der Waals surface area contributed by atoms with Gasteiger partial charge >= 0.3 is 5.97 Å². The molecule has 0 fully saturated rings. The molecule has 0 saturated heterocycles. The number of methoxy groups -OCH3 is 1. The van der Waals surface area contributed by atoms with Gasteiger partial charge in [0.05, 0.1) is 23.1 Å². The highest BCUT2D eigenvalue weighted by Gasteiger charge is 2.22. The number of hydrogen-bond donors (Lipinski definition) is 0. The van der Waals surface area contributed by atoms with Crippen LogP contribution in [0.2, 0.25) is 10.0 Å². The molecule has 0 N–H and O–H groups in total. The third kappa shape index (κ3) is 4.76. The molecule has 0 aliphatic carbocycles. The Labute approximate surface area is 134 Å². The molecule has 0 aromatic heterocycles. The summed E-state index contributed by atoms with van der Waals surface area (Å²) >= 11 is 11.8. The molecule has 114 valence electrons. The molecule has 6 heteroatoms. The minimum atomic E-state index is -0.429. The molecule has 0 radical (unpaired) electrons. The number of halogens is 2. The Kier molecular flexibility index (Phi) is 6.72. The van der Waals surface area contributed by atoms with Gasteiger partial charge in [0.1, 0.15) is 0 Å². The van der Waals surface area contributed by atoms with Crippen LogP contribution in [0, 0.1) is 5.92 Å². The van der Waals surface area contributed by atoms with Gasteiger partial charge in [0.15, 0.2) is 0 Å². The van der Waals surface area contributed by atoms with Crippen molar-refractivity contribution in [1.82, 2.24) is 4.90 Å². The van der Waals surface area contributed by atoms with E-state index in [0.717, 1.165) is 0 Å². The standard InChI is InChI=1S/C15H17Cl2NO3/c1-4-7-18(9-10(2)15(20)21-3)14(19)11-5-6-12(16)13(17)8-11/h4-6,8,10H,1,7,9H2,2-3H3. The fourth-order valence-electron chi connectivity index (χ4n) is 1.81. The zero-order valence-corrected chi connectivity index (χ0v) is 13.4. The molecule has 1 aromatic carbocycles. The summed E-state index contributed by atoms with van der Waals surface area (Å²) in [6.07, 6.45) is 1.60. The number of benzene rings is 1. The zero-order chi connectivity index (χ0) is 16.0. The summed E-state index contributed by atoms with van der Waals surface area (Å²) in [5.41, 5.74) is 0.406. The van der Waals surface area contributed by atoms with E-state index < -0.39 is 5.92 Å². The van der Waals surface area contributed by atoms with E-state index in [1.165, 1.54) is 18.1 Å². The largest absolute Gasteiger partial charge is 0.469 e. The number of amides is 1. The average molecular weight is 330 g/mol. The maximum Gasteiger partial charge on any atom is 0.310 e. The minimum Gasteiger partial charge on any atom is -0.469 e. The van der Waals surface area contributed by atoms with Crippen LogP contribution in [0.4, 0.5) is 0 Å². The molecule has 0 bridgehead atoms. The highest BCUT2D eigenvalue weighted by molar-refractivity contribution is 6.42. The summed E-state index contributed by atoms with van der Waals surface area (Å²) in [5, 5.41) is 0.688. The molecule has 1 aromatic rings. The summed E-state index contributed by atoms with van der Waals surface area (Å²) in [4.78, 5) is 25.5. The van der Waals surface area contributed by atoms with E-state index in [4.69, 9.17) is 23.2 Å². The van der Waals surface area contributed by atoms with E-state index in [2.05, 4.69) is 11.3 Å². The molecule has 0 spiro atoms. The van der Waals surface area contributed by atoms with Crippen LogP contribution in [-0.2, 0) is 9.53 Å². The van der Waals surface area contributed by atoms with Gasteiger partial charge < -0.3 is 9.64 Å². The molecular formula is C15H17Cl2NO3. The van der Waals surface area contributed by atoms with Crippen molar-refractivity contribution >= 4 is 35.1 Å². The lowest BCUT2D eigenvalue weighted by molar-refractivity contribution is -0.145. The predicted molar refractivity (Wildman–Crippen MR) is 83.7 cm³/mol. The van der Waals surface area contributed by atoms with Gasteiger partial charge in [-0.1, -0.05) is 36.2 Å². The Morgan fingerprint density at radius 2 is 2.05 bits per heavy atom. The van der Waals surface area contributed by atoms with Crippen molar-refractivity contribution in [3.8, 4) is 0 Å². The van der Waals surface area contributed by atoms with E-state index in [1.807, 2.05) is 0 Å². The van der Waals surface area contributed by atoms with Crippen molar-refractivity contribution in [3.63, 3.8) is 0 Å². The van der Waals surface area contributed by atoms with Gasteiger partial charge in [-0.3, -0.25) is 9.59 Å². The lowest BCUT2D eigenvalue weighted by Crippen LogP contribution is -2.37. The van der Waals surface area contributed by atoms with Gasteiger partial charge in [0, 0.05) is 18.7 Å². The highest BCUT2D eigenvalue weighted by atomic mass is 35.5. The van der Waals surface area contributed by atoms with Crippen molar-refractivity contribution in [2.75, 3.05) is 20.2 Å². The van der Waals surface area contributed by atoms with Gasteiger partial charge in [-0.05, 0) is 18.2 Å². The molecule has 0 saturated carbocycles. The van der Waals surface area contributed by atoms with Crippen LogP contribution in [0.25, 0.3) is 0 Å². The number of rotatable bonds is 6. The van der Waals surface area contributed by atoms with Crippen molar-refractivity contribution in [2.45, 2.75) is 6.92 Å². The lowest BCUT2D eigenvalue weighted by atomic mass is 10.1. The van der Waals surface area contributed by atoms with Crippen LogP contribution in [-0.4, -0.2) is 37.0 Å². The number of ether oxygens (including phenoxy) is 1. The molecule has 0 aliphatic rings. The van der Waals surface area contributed by atoms with Gasteiger partial charge in [-0.2, -0.15) is 0 Å². The second-order valence-corrected chi connectivity index (χ2v) is 5.37. The Morgan fingerprint density at radius 1 is 1.38 bits per heavy atom. The minimum absolute atomic E-state index is 0.234. The second-order valence-electron chi connectivity index (χ2n) is 4.55. The molecular weight excluding hydrogens is 313 g/mol. The van der Waals surface area contributed by atoms with Gasteiger partial charge in [0.25, 0.3) is 5.91 Å². The van der Waals surface area contributed by atoms with E-state index in [0.29, 0.717) is 22.2 Å². The number of esters is 1. The smallest absolute Gasteiger partial charge is 0.310 e. The molecule has 1 amide bonds. The molecule has 0 aliphatic heterocycles. The topological polar surface area (TPSA) is 46.6 Å². The molecule has 1 unspecified atom stereocenters. The quantitative estimate of drug-likeness (QED) is 0.593. The third-order valence-corrected chi connectivity index (χ3v) is 3.64. The van der Waals surface area contributed by atoms with E-state index in [9.17, 15) is 9.59 Å². The van der Waals surface area contributed by atoms with Crippen LogP contribution >= 0.6 is 23.2 Å². The summed E-state index contributed by atoms with van der Waals surface area (Å²) in [6.45, 7) is 5.88. The van der Waals surface area contributed by atoms with E-state index in [1.54, 1.807) is 25.1 Å². The van der Waals surface area contributed by atoms with E-state index >= 15 is 0 Å². The monoisotopic (exact) mass is 329 g/mol. The van der Waals surface area contributed by atoms with Crippen LogP contribution in [0.5, 0.6) is 0 Å². The first kappa shape index (κ1) is 17.5. The van der Waals surface area contributed by atoms with Gasteiger partial charge in [-0.15, -0.1) is 6.58 Å². The third-order valence-electron chi connectivity index (χ3n) is 2.90. The average Bonchev–Trinajstić information content (AvgIpc) is 2.47. The molecule has 0 heterocycles. The number of nitrogens with zero attached hydrogens (tertiary/aromatic N) is 1. The van der Waals surface area contributed by atoms with Crippen molar-refractivity contribution in [3.05, 3.63) is 46.5 Å². The zero-order valence-electron chi connectivity index (χ0n) is 11.9. The normalized spacial score (nSPS) is 11.6. The molecule has 4 nitrogen and oxygen atoms in total. The maximum absolute atomic E-state index is 12.5. The first-order valence-corrected chi connectivity index (χ1v) is 7.09. The Hall–Kier alpha value is -1.52. The van der Waals surface area contributed by atoms with Gasteiger partial charge in [0.2, 0.25) is 0 Å². The summed E-state index contributed by atoms with van der Waals surface area (Å²) < 4.78 is 4.67. The predicted octanol–water partition coefficient (Wildman–Crippen LogP) is 3.43. The van der Waals surface area contributed by atoms with Crippen LogP contribution in [0.1, 0.15) is 17.3 Å². The Balaban J connectivity index is 2.93. The SMILES string of the molecule is C=CCN(CC(C)C(=O)OC)C(=O)c1ccc(Cl)c(Cl)c1. The van der Waals surface area contributed by atoms with Crippen molar-refractivity contribution < 1.29 is 14.3 Å². The maximum atomic E-state index is 12.5. The van der Waals surface area contributed by atoms with Crippen molar-refractivity contribution in [2.24, 2.45) is 5.92 Å². The fourth-order valence-corrected chi connectivity index (χ4v) is 2.11. The highest BCUT2D eigenvalue weighted by Crippen LogP contribution is 2.23. The van der Waals surface area contributed by atoms with Crippen LogP contribution < -0.4 is 0 Å². The second kappa shape index (κ2) is 8.05. The summed E-state index contributed by atoms with van der Waals surface area (Å²) in [6, 6.07) is 4.66. The van der Waals surface area contributed by atoms with Crippen LogP contribution in [0.15, 0.2) is 30.9 Å². The fraction of sp³-hybridized carbons (Fsp3) is 0.333. The van der Waals surface area contributed by atoms with Crippen LogP contribution in [0.3, 0.4) is 0 Å². The molecule has 1 rings (SSSR count). The Bertz CT molecular complexity index is 546. The van der Waals surface area contributed by atoms with Crippen molar-refractivity contribution in [1.29, 1.82) is 0 Å². The number of carbonyl (C=O) groups excluding carboxylic acids is 2. The number of hydrogen-bond acceptors (Lipinski definition) is 3. The van der Waals surface area contributed by atoms with Gasteiger partial charge in [-0.25, -0.2) is 0 Å². The summed E-state index contributed by atoms with van der Waals surface area (Å²) in [7, 11) is 1.32. The number of carbonyl (C=O) groups is 2. The molecule has 1 atom stereocenters. The van der Waals surface area contributed by atoms with E-state index in [-0.39, 0.29) is 18.4 Å². The summed E-state index contributed by atoms with van der Waals surface area (Å²) in [5.74, 6) is -1.04. The molecule has 21 heavy (non-hydrogen) atoms. The lowest BCUT2D eigenvalue weighted by Gasteiger charge is -2.24. The first-order valence-electron chi connectivity index (χ1n) is 6.33.